The van der Waals surface area contributed by atoms with E-state index < -0.39 is 6.09 Å². The van der Waals surface area contributed by atoms with Crippen molar-refractivity contribution < 1.29 is 19.1 Å². The van der Waals surface area contributed by atoms with Crippen molar-refractivity contribution >= 4 is 12.1 Å². The highest BCUT2D eigenvalue weighted by molar-refractivity contribution is 5.90. The second-order valence-electron chi connectivity index (χ2n) is 4.37. The van der Waals surface area contributed by atoms with E-state index >= 15 is 0 Å². The van der Waals surface area contributed by atoms with E-state index in [1.165, 1.54) is 4.90 Å². The fraction of sp³-hybridized carbons (Fsp3) is 0.333. The first-order valence-electron chi connectivity index (χ1n) is 6.52. The first-order valence-corrected chi connectivity index (χ1v) is 6.52. The molecule has 1 aromatic carbocycles. The Kier molecular flexibility index (Phi) is 4.76. The number of hydrogen-bond donors (Lipinski definition) is 0. The van der Waals surface area contributed by atoms with Crippen LogP contribution in [0, 0.1) is 0 Å². The number of nitrogens with zero attached hydrogens (tertiary/aromatic N) is 1. The van der Waals surface area contributed by atoms with Gasteiger partial charge in [0.15, 0.2) is 0 Å². The molecule has 20 heavy (non-hydrogen) atoms. The summed E-state index contributed by atoms with van der Waals surface area (Å²) in [6.07, 6.45) is 1.27. The summed E-state index contributed by atoms with van der Waals surface area (Å²) in [5.41, 5.74) is 1.43. The van der Waals surface area contributed by atoms with Gasteiger partial charge in [-0.25, -0.2) is 9.59 Å². The molecule has 0 unspecified atom stereocenters. The van der Waals surface area contributed by atoms with E-state index in [4.69, 9.17) is 9.47 Å². The van der Waals surface area contributed by atoms with Crippen LogP contribution in [0.1, 0.15) is 12.5 Å². The van der Waals surface area contributed by atoms with Crippen LogP contribution in [0.5, 0.6) is 0 Å². The molecule has 1 aliphatic heterocycles. The van der Waals surface area contributed by atoms with E-state index in [-0.39, 0.29) is 19.1 Å². The fourth-order valence-electron chi connectivity index (χ4n) is 1.88. The minimum absolute atomic E-state index is 0.227. The maximum Gasteiger partial charge on any atom is 0.410 e. The van der Waals surface area contributed by atoms with Gasteiger partial charge in [-0.2, -0.15) is 0 Å². The molecule has 1 aromatic rings. The summed E-state index contributed by atoms with van der Waals surface area (Å²) in [6, 6.07) is 9.46. The molecule has 0 N–H and O–H groups in total. The second kappa shape index (κ2) is 6.75. The summed E-state index contributed by atoms with van der Waals surface area (Å²) in [5, 5.41) is 0. The highest BCUT2D eigenvalue weighted by Gasteiger charge is 2.25. The summed E-state index contributed by atoms with van der Waals surface area (Å²) in [4.78, 5) is 24.9. The number of carbonyl (C=O) groups is 2. The number of ether oxygens (including phenoxy) is 2. The van der Waals surface area contributed by atoms with Crippen LogP contribution in [0.15, 0.2) is 42.0 Å². The van der Waals surface area contributed by atoms with Gasteiger partial charge in [0, 0.05) is 6.54 Å². The Morgan fingerprint density at radius 1 is 1.20 bits per heavy atom. The number of rotatable bonds is 4. The van der Waals surface area contributed by atoms with Crippen LogP contribution in [-0.4, -0.2) is 36.7 Å². The molecule has 0 radical (unpaired) electrons. The van der Waals surface area contributed by atoms with Gasteiger partial charge in [-0.3, -0.25) is 4.90 Å². The van der Waals surface area contributed by atoms with Crippen LogP contribution >= 0.6 is 0 Å². The zero-order valence-corrected chi connectivity index (χ0v) is 11.4. The molecule has 0 bridgehead atoms. The minimum atomic E-state index is -0.426. The summed E-state index contributed by atoms with van der Waals surface area (Å²) in [6.45, 7) is 2.92. The summed E-state index contributed by atoms with van der Waals surface area (Å²) >= 11 is 0. The Morgan fingerprint density at radius 3 is 2.65 bits per heavy atom. The third-order valence-corrected chi connectivity index (χ3v) is 2.92. The first kappa shape index (κ1) is 14.1. The maximum absolute atomic E-state index is 11.9. The first-order chi connectivity index (χ1) is 9.70. The van der Waals surface area contributed by atoms with Gasteiger partial charge in [-0.1, -0.05) is 36.4 Å². The van der Waals surface area contributed by atoms with Gasteiger partial charge in [-0.05, 0) is 12.5 Å². The normalized spacial score (nSPS) is 13.8. The van der Waals surface area contributed by atoms with Gasteiger partial charge in [0.2, 0.25) is 0 Å². The molecular formula is C15H17NO4. The molecule has 0 aromatic heterocycles. The molecule has 2 rings (SSSR count). The fourth-order valence-corrected chi connectivity index (χ4v) is 1.88. The maximum atomic E-state index is 11.9. The van der Waals surface area contributed by atoms with Crippen LogP contribution in [-0.2, 0) is 20.9 Å². The number of benzene rings is 1. The molecule has 5 nitrogen and oxygen atoms in total. The predicted molar refractivity (Wildman–Crippen MR) is 72.9 cm³/mol. The van der Waals surface area contributed by atoms with Crippen molar-refractivity contribution in [2.45, 2.75) is 13.5 Å². The lowest BCUT2D eigenvalue weighted by molar-refractivity contribution is -0.138. The molecule has 1 heterocycles. The molecule has 0 spiro atoms. The Morgan fingerprint density at radius 2 is 1.95 bits per heavy atom. The third-order valence-electron chi connectivity index (χ3n) is 2.92. The van der Waals surface area contributed by atoms with Crippen LogP contribution < -0.4 is 0 Å². The highest BCUT2D eigenvalue weighted by Crippen LogP contribution is 2.13. The smallest absolute Gasteiger partial charge is 0.410 e. The molecule has 0 saturated heterocycles. The van der Waals surface area contributed by atoms with Gasteiger partial charge in [-0.15, -0.1) is 0 Å². The van der Waals surface area contributed by atoms with Gasteiger partial charge in [0.25, 0.3) is 0 Å². The number of amides is 1. The molecule has 5 heteroatoms. The summed E-state index contributed by atoms with van der Waals surface area (Å²) in [7, 11) is 0. The van der Waals surface area contributed by atoms with Crippen LogP contribution in [0.3, 0.4) is 0 Å². The van der Waals surface area contributed by atoms with Gasteiger partial charge in [0.1, 0.15) is 6.61 Å². The standard InChI is InChI=1S/C15H17NO4/c1-2-19-14(17)13-8-9-16(10-13)15(18)20-11-12-6-4-3-5-7-12/h3-8H,2,9-11H2,1H3. The zero-order valence-electron chi connectivity index (χ0n) is 11.4. The number of esters is 1. The average molecular weight is 275 g/mol. The third kappa shape index (κ3) is 3.60. The van der Waals surface area contributed by atoms with E-state index in [0.29, 0.717) is 18.7 Å². The van der Waals surface area contributed by atoms with Gasteiger partial charge >= 0.3 is 12.1 Å². The number of hydrogen-bond acceptors (Lipinski definition) is 4. The molecule has 1 aliphatic rings. The largest absolute Gasteiger partial charge is 0.463 e. The van der Waals surface area contributed by atoms with E-state index in [1.54, 1.807) is 13.0 Å². The van der Waals surface area contributed by atoms with E-state index in [2.05, 4.69) is 0 Å². The van der Waals surface area contributed by atoms with Gasteiger partial charge in [0.05, 0.1) is 18.7 Å². The van der Waals surface area contributed by atoms with Crippen molar-refractivity contribution in [2.24, 2.45) is 0 Å². The quantitative estimate of drug-likeness (QED) is 0.790. The monoisotopic (exact) mass is 275 g/mol. The van der Waals surface area contributed by atoms with E-state index in [0.717, 1.165) is 5.56 Å². The molecule has 0 fully saturated rings. The Balaban J connectivity index is 1.80. The molecule has 0 aliphatic carbocycles. The van der Waals surface area contributed by atoms with Crippen molar-refractivity contribution in [1.29, 1.82) is 0 Å². The van der Waals surface area contributed by atoms with Crippen LogP contribution in [0.25, 0.3) is 0 Å². The Labute approximate surface area is 117 Å². The van der Waals surface area contributed by atoms with E-state index in [1.807, 2.05) is 30.3 Å². The summed E-state index contributed by atoms with van der Waals surface area (Å²) in [5.74, 6) is -0.370. The van der Waals surface area contributed by atoms with Crippen molar-refractivity contribution in [3.63, 3.8) is 0 Å². The molecular weight excluding hydrogens is 258 g/mol. The molecule has 0 atom stereocenters. The minimum Gasteiger partial charge on any atom is -0.463 e. The number of carbonyl (C=O) groups excluding carboxylic acids is 2. The highest BCUT2D eigenvalue weighted by atomic mass is 16.6. The lowest BCUT2D eigenvalue weighted by atomic mass is 10.2. The van der Waals surface area contributed by atoms with Crippen LogP contribution in [0.2, 0.25) is 0 Å². The topological polar surface area (TPSA) is 55.8 Å². The molecule has 106 valence electrons. The van der Waals surface area contributed by atoms with Crippen molar-refractivity contribution in [1.82, 2.24) is 4.90 Å². The Hall–Kier alpha value is -2.30. The molecule has 0 saturated carbocycles. The zero-order chi connectivity index (χ0) is 14.4. The van der Waals surface area contributed by atoms with Crippen LogP contribution in [0.4, 0.5) is 4.79 Å². The SMILES string of the molecule is CCOC(=O)C1=CCN(C(=O)OCc2ccccc2)C1. The predicted octanol–water partition coefficient (Wildman–Crippen LogP) is 2.13. The Bertz CT molecular complexity index is 510. The van der Waals surface area contributed by atoms with Gasteiger partial charge < -0.3 is 9.47 Å². The van der Waals surface area contributed by atoms with Crippen molar-refractivity contribution in [3.8, 4) is 0 Å². The van der Waals surface area contributed by atoms with Crippen molar-refractivity contribution in [3.05, 3.63) is 47.5 Å². The lowest BCUT2D eigenvalue weighted by Gasteiger charge is -2.16. The summed E-state index contributed by atoms with van der Waals surface area (Å²) < 4.78 is 10.1. The second-order valence-corrected chi connectivity index (χ2v) is 4.37. The van der Waals surface area contributed by atoms with Crippen molar-refractivity contribution in [2.75, 3.05) is 19.7 Å². The van der Waals surface area contributed by atoms with E-state index in [9.17, 15) is 9.59 Å². The lowest BCUT2D eigenvalue weighted by Crippen LogP contribution is -2.30. The molecule has 1 amide bonds. The average Bonchev–Trinajstić information content (AvgIpc) is 2.96.